The second kappa shape index (κ2) is 12.3. The maximum absolute atomic E-state index is 13.0. The largest absolute Gasteiger partial charge is 0.378 e. The fraction of sp³-hybridized carbons (Fsp3) is 0.226. The summed E-state index contributed by atoms with van der Waals surface area (Å²) < 4.78 is 12.9. The SMILES string of the molecule is CC1(C)O[C@@H](C(O)(c2cc(Cl)cc(Cl)c2)c2cc(Cl)cc(Cl)c2)[C@H](C(O)(c2cc(Cl)cc(Cl)c2)c2cc(Cl)cc(Cl)c2)O1. The highest BCUT2D eigenvalue weighted by atomic mass is 35.5. The van der Waals surface area contributed by atoms with Crippen LogP contribution in [0.25, 0.3) is 0 Å². The Morgan fingerprint density at radius 1 is 0.442 bits per heavy atom. The molecule has 1 fully saturated rings. The van der Waals surface area contributed by atoms with Crippen molar-refractivity contribution in [3.05, 3.63) is 135 Å². The first-order chi connectivity index (χ1) is 20.0. The van der Waals surface area contributed by atoms with Crippen LogP contribution in [0, 0.1) is 0 Å². The summed E-state index contributed by atoms with van der Waals surface area (Å²) >= 11 is 51.4. The first-order valence-corrected chi connectivity index (χ1v) is 15.7. The third-order valence-electron chi connectivity index (χ3n) is 7.13. The molecular weight excluding hydrogens is 720 g/mol. The lowest BCUT2D eigenvalue weighted by atomic mass is 9.72. The second-order valence-corrected chi connectivity index (χ2v) is 14.1. The lowest BCUT2D eigenvalue weighted by Gasteiger charge is -2.43. The van der Waals surface area contributed by atoms with Crippen LogP contribution in [-0.4, -0.2) is 28.2 Å². The molecule has 1 heterocycles. The molecule has 1 aliphatic rings. The van der Waals surface area contributed by atoms with Gasteiger partial charge in [0.15, 0.2) is 5.79 Å². The van der Waals surface area contributed by atoms with Crippen molar-refractivity contribution in [3.8, 4) is 0 Å². The normalized spacial score (nSPS) is 18.7. The monoisotopic (exact) mass is 738 g/mol. The van der Waals surface area contributed by atoms with Gasteiger partial charge in [0.2, 0.25) is 0 Å². The van der Waals surface area contributed by atoms with Crippen molar-refractivity contribution in [3.63, 3.8) is 0 Å². The lowest BCUT2D eigenvalue weighted by molar-refractivity contribution is -0.172. The Morgan fingerprint density at radius 2 is 0.628 bits per heavy atom. The highest BCUT2D eigenvalue weighted by Crippen LogP contribution is 2.52. The summed E-state index contributed by atoms with van der Waals surface area (Å²) in [4.78, 5) is 0. The number of halogens is 8. The van der Waals surface area contributed by atoms with Crippen molar-refractivity contribution in [2.45, 2.75) is 43.0 Å². The van der Waals surface area contributed by atoms with Gasteiger partial charge >= 0.3 is 0 Å². The van der Waals surface area contributed by atoms with Gasteiger partial charge in [0, 0.05) is 40.2 Å². The summed E-state index contributed by atoms with van der Waals surface area (Å²) in [6.45, 7) is 3.29. The molecule has 0 aromatic heterocycles. The fourth-order valence-corrected chi connectivity index (χ4v) is 7.56. The standard InChI is InChI=1S/C31H22Cl8O4/c1-29(2)42-27(30(40,15-3-19(32)11-20(33)4-15)16-5-21(34)12-22(35)6-16)28(43-29)31(41,17-7-23(36)13-24(37)8-17)18-9-25(38)14-26(39)10-18/h3-14,27-28,40-41H,1-2H3/t27-,28-/m1/s1. The molecule has 0 unspecified atom stereocenters. The van der Waals surface area contributed by atoms with Crippen LogP contribution in [0.2, 0.25) is 40.2 Å². The van der Waals surface area contributed by atoms with Crippen molar-refractivity contribution in [1.82, 2.24) is 0 Å². The fourth-order valence-electron chi connectivity index (χ4n) is 5.46. The molecule has 4 aromatic carbocycles. The van der Waals surface area contributed by atoms with E-state index in [0.29, 0.717) is 0 Å². The maximum Gasteiger partial charge on any atom is 0.164 e. The third kappa shape index (κ3) is 6.64. The van der Waals surface area contributed by atoms with Crippen LogP contribution >= 0.6 is 92.8 Å². The van der Waals surface area contributed by atoms with Gasteiger partial charge in [-0.05, 0) is 109 Å². The number of ether oxygens (including phenoxy) is 2. The zero-order chi connectivity index (χ0) is 31.5. The van der Waals surface area contributed by atoms with Crippen molar-refractivity contribution in [2.24, 2.45) is 0 Å². The summed E-state index contributed by atoms with van der Waals surface area (Å²) in [7, 11) is 0. The van der Waals surface area contributed by atoms with Gasteiger partial charge in [-0.2, -0.15) is 0 Å². The Hall–Kier alpha value is -0.960. The van der Waals surface area contributed by atoms with Crippen LogP contribution in [0.1, 0.15) is 36.1 Å². The average Bonchev–Trinajstić information content (AvgIpc) is 3.21. The van der Waals surface area contributed by atoms with Crippen LogP contribution in [0.15, 0.2) is 72.8 Å². The molecule has 0 radical (unpaired) electrons. The number of aliphatic hydroxyl groups is 2. The van der Waals surface area contributed by atoms with Crippen LogP contribution in [0.3, 0.4) is 0 Å². The van der Waals surface area contributed by atoms with Gasteiger partial charge < -0.3 is 19.7 Å². The van der Waals surface area contributed by atoms with Crippen LogP contribution in [-0.2, 0) is 20.7 Å². The maximum atomic E-state index is 13.0. The minimum Gasteiger partial charge on any atom is -0.378 e. The molecule has 5 rings (SSSR count). The highest BCUT2D eigenvalue weighted by Gasteiger charge is 2.61. The van der Waals surface area contributed by atoms with Crippen molar-refractivity contribution < 1.29 is 19.7 Å². The van der Waals surface area contributed by atoms with E-state index in [2.05, 4.69) is 0 Å². The minimum atomic E-state index is -2.12. The molecular formula is C31H22Cl8O4. The highest BCUT2D eigenvalue weighted by molar-refractivity contribution is 6.36. The molecule has 0 aliphatic carbocycles. The molecule has 12 heteroatoms. The van der Waals surface area contributed by atoms with E-state index in [1.165, 1.54) is 72.8 Å². The lowest BCUT2D eigenvalue weighted by Crippen LogP contribution is -2.55. The summed E-state index contributed by atoms with van der Waals surface area (Å²) in [6.07, 6.45) is -2.76. The topological polar surface area (TPSA) is 58.9 Å². The van der Waals surface area contributed by atoms with E-state index in [9.17, 15) is 10.2 Å². The summed E-state index contributed by atoms with van der Waals surface area (Å²) in [5.41, 5.74) is -3.38. The second-order valence-electron chi connectivity index (χ2n) is 10.6. The van der Waals surface area contributed by atoms with Crippen LogP contribution < -0.4 is 0 Å². The van der Waals surface area contributed by atoms with E-state index in [4.69, 9.17) is 102 Å². The van der Waals surface area contributed by atoms with E-state index >= 15 is 0 Å². The van der Waals surface area contributed by atoms with E-state index in [1.54, 1.807) is 13.8 Å². The van der Waals surface area contributed by atoms with Gasteiger partial charge in [0.05, 0.1) is 0 Å². The molecule has 2 atom stereocenters. The molecule has 0 spiro atoms. The summed E-state index contributed by atoms with van der Waals surface area (Å²) in [6, 6.07) is 18.3. The molecule has 4 aromatic rings. The van der Waals surface area contributed by atoms with Crippen molar-refractivity contribution in [2.75, 3.05) is 0 Å². The molecule has 0 bridgehead atoms. The third-order valence-corrected chi connectivity index (χ3v) is 8.88. The van der Waals surface area contributed by atoms with E-state index in [0.717, 1.165) is 0 Å². The Kier molecular flexibility index (Phi) is 9.58. The number of hydrogen-bond donors (Lipinski definition) is 2. The quantitative estimate of drug-likeness (QED) is 0.207. The minimum absolute atomic E-state index is 0.218. The Balaban J connectivity index is 1.86. The van der Waals surface area contributed by atoms with Gasteiger partial charge in [-0.15, -0.1) is 0 Å². The number of benzene rings is 4. The summed E-state index contributed by atoms with van der Waals surface area (Å²) in [5, 5.41) is 27.9. The molecule has 1 aliphatic heterocycles. The van der Waals surface area contributed by atoms with Gasteiger partial charge in [-0.25, -0.2) is 0 Å². The molecule has 2 N–H and O–H groups in total. The predicted molar refractivity (Wildman–Crippen MR) is 176 cm³/mol. The Morgan fingerprint density at radius 3 is 0.814 bits per heavy atom. The molecule has 1 saturated heterocycles. The molecule has 0 saturated carbocycles. The van der Waals surface area contributed by atoms with E-state index < -0.39 is 29.2 Å². The van der Waals surface area contributed by atoms with Crippen molar-refractivity contribution >= 4 is 92.8 Å². The molecule has 4 nitrogen and oxygen atoms in total. The van der Waals surface area contributed by atoms with Gasteiger partial charge in [0.1, 0.15) is 23.4 Å². The van der Waals surface area contributed by atoms with Crippen LogP contribution in [0.4, 0.5) is 0 Å². The molecule has 43 heavy (non-hydrogen) atoms. The number of hydrogen-bond acceptors (Lipinski definition) is 4. The van der Waals surface area contributed by atoms with Crippen molar-refractivity contribution in [1.29, 1.82) is 0 Å². The molecule has 0 amide bonds. The van der Waals surface area contributed by atoms with Crippen LogP contribution in [0.5, 0.6) is 0 Å². The summed E-state index contributed by atoms with van der Waals surface area (Å²) in [5.74, 6) is -1.35. The van der Waals surface area contributed by atoms with E-state index in [-0.39, 0.29) is 62.4 Å². The Labute approximate surface area is 288 Å². The first kappa shape index (κ1) is 33.4. The van der Waals surface area contributed by atoms with Gasteiger partial charge in [-0.1, -0.05) is 92.8 Å². The number of rotatable bonds is 6. The zero-order valence-corrected chi connectivity index (χ0v) is 28.4. The predicted octanol–water partition coefficient (Wildman–Crippen LogP) is 10.6. The molecule has 226 valence electrons. The average molecular weight is 742 g/mol. The smallest absolute Gasteiger partial charge is 0.164 e. The first-order valence-electron chi connectivity index (χ1n) is 12.7. The van der Waals surface area contributed by atoms with E-state index in [1.807, 2.05) is 0 Å². The van der Waals surface area contributed by atoms with Gasteiger partial charge in [0.25, 0.3) is 0 Å². The Bertz CT molecular complexity index is 1400. The zero-order valence-electron chi connectivity index (χ0n) is 22.3. The van der Waals surface area contributed by atoms with Gasteiger partial charge in [-0.3, -0.25) is 0 Å².